The predicted molar refractivity (Wildman–Crippen MR) is 85.7 cm³/mol. The minimum Gasteiger partial charge on any atom is -0.393 e. The quantitative estimate of drug-likeness (QED) is 0.837. The van der Waals surface area contributed by atoms with Crippen LogP contribution in [-0.4, -0.2) is 16.9 Å². The topological polar surface area (TPSA) is 55.1 Å². The average Bonchev–Trinajstić information content (AvgIpc) is 2.82. The third kappa shape index (κ3) is 3.57. The first-order valence-electron chi connectivity index (χ1n) is 7.12. The van der Waals surface area contributed by atoms with Crippen LogP contribution in [-0.2, 0) is 11.2 Å². The summed E-state index contributed by atoms with van der Waals surface area (Å²) in [6.45, 7) is 4.14. The van der Waals surface area contributed by atoms with Gasteiger partial charge in [-0.05, 0) is 43.4 Å². The van der Waals surface area contributed by atoms with Crippen molar-refractivity contribution < 1.29 is 4.79 Å². The standard InChI is InChI=1S/C16H22N2OS/c1-10-6-7-12(8-11(10)2)9-15(19)18-14-5-3-4-13(14)16(17)20/h6-8,13-14H,3-5,9H2,1-2H3,(H2,17,20)(H,18,19). The van der Waals surface area contributed by atoms with E-state index in [1.807, 2.05) is 6.07 Å². The number of thiocarbonyl (C=S) groups is 1. The second-order valence-electron chi connectivity index (χ2n) is 5.71. The van der Waals surface area contributed by atoms with E-state index in [9.17, 15) is 4.79 Å². The van der Waals surface area contributed by atoms with E-state index >= 15 is 0 Å². The molecule has 0 saturated heterocycles. The van der Waals surface area contributed by atoms with Crippen molar-refractivity contribution >= 4 is 23.1 Å². The van der Waals surface area contributed by atoms with E-state index in [0.717, 1.165) is 24.8 Å². The highest BCUT2D eigenvalue weighted by molar-refractivity contribution is 7.80. The number of nitrogens with two attached hydrogens (primary N) is 1. The number of hydrogen-bond acceptors (Lipinski definition) is 2. The lowest BCUT2D eigenvalue weighted by atomic mass is 10.0. The minimum absolute atomic E-state index is 0.0569. The minimum atomic E-state index is 0.0569. The number of nitrogens with one attached hydrogen (secondary N) is 1. The maximum atomic E-state index is 12.1. The monoisotopic (exact) mass is 290 g/mol. The molecular weight excluding hydrogens is 268 g/mol. The smallest absolute Gasteiger partial charge is 0.224 e. The molecule has 2 rings (SSSR count). The summed E-state index contributed by atoms with van der Waals surface area (Å²) in [7, 11) is 0. The number of carbonyl (C=O) groups is 1. The Balaban J connectivity index is 1.95. The highest BCUT2D eigenvalue weighted by atomic mass is 32.1. The summed E-state index contributed by atoms with van der Waals surface area (Å²) in [5.41, 5.74) is 9.25. The van der Waals surface area contributed by atoms with Gasteiger partial charge in [0.15, 0.2) is 0 Å². The summed E-state index contributed by atoms with van der Waals surface area (Å²) in [6.07, 6.45) is 3.46. The Morgan fingerprint density at radius 2 is 2.10 bits per heavy atom. The molecule has 0 aliphatic heterocycles. The number of carbonyl (C=O) groups excluding carboxylic acids is 1. The fraction of sp³-hybridized carbons (Fsp3) is 0.500. The van der Waals surface area contributed by atoms with Crippen molar-refractivity contribution in [3.63, 3.8) is 0 Å². The molecule has 1 amide bonds. The Morgan fingerprint density at radius 1 is 1.35 bits per heavy atom. The molecule has 2 unspecified atom stereocenters. The van der Waals surface area contributed by atoms with Gasteiger partial charge in [-0.15, -0.1) is 0 Å². The van der Waals surface area contributed by atoms with Gasteiger partial charge >= 0.3 is 0 Å². The highest BCUT2D eigenvalue weighted by Gasteiger charge is 2.30. The molecular formula is C16H22N2OS. The molecule has 0 aromatic heterocycles. The van der Waals surface area contributed by atoms with Crippen molar-refractivity contribution in [1.82, 2.24) is 5.32 Å². The third-order valence-electron chi connectivity index (χ3n) is 4.16. The zero-order valence-electron chi connectivity index (χ0n) is 12.1. The average molecular weight is 290 g/mol. The molecule has 1 aromatic rings. The SMILES string of the molecule is Cc1ccc(CC(=O)NC2CCCC2C(N)=S)cc1C. The van der Waals surface area contributed by atoms with Gasteiger partial charge in [-0.2, -0.15) is 0 Å². The molecule has 1 saturated carbocycles. The van der Waals surface area contributed by atoms with Gasteiger partial charge in [-0.25, -0.2) is 0 Å². The van der Waals surface area contributed by atoms with Gasteiger partial charge in [-0.1, -0.05) is 36.8 Å². The fourth-order valence-electron chi connectivity index (χ4n) is 2.83. The molecule has 3 nitrogen and oxygen atoms in total. The lowest BCUT2D eigenvalue weighted by molar-refractivity contribution is -0.121. The van der Waals surface area contributed by atoms with Crippen molar-refractivity contribution in [2.24, 2.45) is 11.7 Å². The molecule has 20 heavy (non-hydrogen) atoms. The molecule has 3 N–H and O–H groups in total. The maximum absolute atomic E-state index is 12.1. The number of rotatable bonds is 4. The van der Waals surface area contributed by atoms with Gasteiger partial charge < -0.3 is 11.1 Å². The summed E-state index contributed by atoms with van der Waals surface area (Å²) in [6, 6.07) is 6.27. The van der Waals surface area contributed by atoms with Gasteiger partial charge in [0.05, 0.1) is 11.4 Å². The van der Waals surface area contributed by atoms with Crippen LogP contribution in [0.2, 0.25) is 0 Å². The van der Waals surface area contributed by atoms with Crippen molar-refractivity contribution in [3.8, 4) is 0 Å². The van der Waals surface area contributed by atoms with E-state index in [1.54, 1.807) is 0 Å². The van der Waals surface area contributed by atoms with Gasteiger partial charge in [0.1, 0.15) is 0 Å². The van der Waals surface area contributed by atoms with E-state index in [0.29, 0.717) is 11.4 Å². The normalized spacial score (nSPS) is 21.7. The van der Waals surface area contributed by atoms with Crippen LogP contribution in [0, 0.1) is 19.8 Å². The summed E-state index contributed by atoms with van der Waals surface area (Å²) in [5, 5.41) is 3.09. The van der Waals surface area contributed by atoms with Gasteiger partial charge in [-0.3, -0.25) is 4.79 Å². The zero-order chi connectivity index (χ0) is 14.7. The van der Waals surface area contributed by atoms with Crippen molar-refractivity contribution in [3.05, 3.63) is 34.9 Å². The second kappa shape index (κ2) is 6.35. The Hall–Kier alpha value is -1.42. The van der Waals surface area contributed by atoms with Gasteiger partial charge in [0, 0.05) is 12.0 Å². The van der Waals surface area contributed by atoms with Crippen LogP contribution in [0.4, 0.5) is 0 Å². The van der Waals surface area contributed by atoms with Gasteiger partial charge in [0.25, 0.3) is 0 Å². The van der Waals surface area contributed by atoms with Crippen LogP contribution in [0.25, 0.3) is 0 Å². The van der Waals surface area contributed by atoms with Crippen LogP contribution in [0.1, 0.15) is 36.0 Å². The Bertz CT molecular complexity index is 527. The fourth-order valence-corrected chi connectivity index (χ4v) is 3.11. The van der Waals surface area contributed by atoms with Crippen LogP contribution in [0.3, 0.4) is 0 Å². The molecule has 0 heterocycles. The van der Waals surface area contributed by atoms with Crippen LogP contribution in [0.15, 0.2) is 18.2 Å². The molecule has 0 bridgehead atoms. The summed E-state index contributed by atoms with van der Waals surface area (Å²) in [5.74, 6) is 0.218. The highest BCUT2D eigenvalue weighted by Crippen LogP contribution is 2.26. The first kappa shape index (κ1) is 15.0. The molecule has 4 heteroatoms. The molecule has 1 aromatic carbocycles. The van der Waals surface area contributed by atoms with E-state index < -0.39 is 0 Å². The molecule has 0 radical (unpaired) electrons. The number of aryl methyl sites for hydroxylation is 2. The Morgan fingerprint density at radius 3 is 2.75 bits per heavy atom. The van der Waals surface area contributed by atoms with E-state index in [4.69, 9.17) is 18.0 Å². The van der Waals surface area contributed by atoms with Crippen molar-refractivity contribution in [2.45, 2.75) is 45.6 Å². The Kier molecular flexibility index (Phi) is 4.76. The number of benzene rings is 1. The first-order chi connectivity index (χ1) is 9.47. The first-order valence-corrected chi connectivity index (χ1v) is 7.53. The largest absolute Gasteiger partial charge is 0.393 e. The van der Waals surface area contributed by atoms with E-state index in [1.165, 1.54) is 11.1 Å². The number of hydrogen-bond donors (Lipinski definition) is 2. The van der Waals surface area contributed by atoms with Crippen LogP contribution < -0.4 is 11.1 Å². The van der Waals surface area contributed by atoms with Gasteiger partial charge in [0.2, 0.25) is 5.91 Å². The molecule has 2 atom stereocenters. The van der Waals surface area contributed by atoms with Crippen LogP contribution in [0.5, 0.6) is 0 Å². The zero-order valence-corrected chi connectivity index (χ0v) is 12.9. The van der Waals surface area contributed by atoms with Crippen molar-refractivity contribution in [1.29, 1.82) is 0 Å². The number of amides is 1. The Labute approximate surface area is 125 Å². The molecule has 0 spiro atoms. The molecule has 1 aliphatic carbocycles. The summed E-state index contributed by atoms with van der Waals surface area (Å²) < 4.78 is 0. The van der Waals surface area contributed by atoms with Crippen LogP contribution >= 0.6 is 12.2 Å². The summed E-state index contributed by atoms with van der Waals surface area (Å²) >= 11 is 5.07. The molecule has 1 fully saturated rings. The lowest BCUT2D eigenvalue weighted by Crippen LogP contribution is -2.42. The third-order valence-corrected chi connectivity index (χ3v) is 4.47. The van der Waals surface area contributed by atoms with E-state index in [-0.39, 0.29) is 17.9 Å². The lowest BCUT2D eigenvalue weighted by Gasteiger charge is -2.20. The van der Waals surface area contributed by atoms with Crippen molar-refractivity contribution in [2.75, 3.05) is 0 Å². The second-order valence-corrected chi connectivity index (χ2v) is 6.18. The molecule has 108 valence electrons. The summed E-state index contributed by atoms with van der Waals surface area (Å²) in [4.78, 5) is 12.7. The predicted octanol–water partition coefficient (Wildman–Crippen LogP) is 2.42. The molecule has 1 aliphatic rings. The van der Waals surface area contributed by atoms with E-state index in [2.05, 4.69) is 31.3 Å². The maximum Gasteiger partial charge on any atom is 0.224 e.